The fourth-order valence-corrected chi connectivity index (χ4v) is 2.88. The summed E-state index contributed by atoms with van der Waals surface area (Å²) in [5, 5.41) is 6.09. The van der Waals surface area contributed by atoms with E-state index in [-0.39, 0.29) is 11.5 Å². The van der Waals surface area contributed by atoms with Gasteiger partial charge in [0, 0.05) is 20.2 Å². The van der Waals surface area contributed by atoms with Gasteiger partial charge in [-0.1, -0.05) is 12.1 Å². The van der Waals surface area contributed by atoms with Crippen LogP contribution >= 0.6 is 0 Å². The van der Waals surface area contributed by atoms with Gasteiger partial charge >= 0.3 is 0 Å². The molecule has 1 aromatic carbocycles. The first-order valence-electron chi connectivity index (χ1n) is 7.97. The van der Waals surface area contributed by atoms with Gasteiger partial charge in [0.25, 0.3) is 5.91 Å². The van der Waals surface area contributed by atoms with Crippen molar-refractivity contribution >= 4 is 5.91 Å². The molecule has 0 spiro atoms. The Morgan fingerprint density at radius 2 is 1.95 bits per heavy atom. The molecule has 0 aromatic heterocycles. The highest BCUT2D eigenvalue weighted by Crippen LogP contribution is 2.25. The SMILES string of the molecule is COC1CCC(CNCCNC(=O)c2ccccc2F)CC1. The van der Waals surface area contributed by atoms with E-state index in [1.807, 2.05) is 0 Å². The topological polar surface area (TPSA) is 50.4 Å². The fraction of sp³-hybridized carbons (Fsp3) is 0.588. The molecule has 122 valence electrons. The molecule has 1 aliphatic rings. The first-order chi connectivity index (χ1) is 10.7. The number of hydrogen-bond acceptors (Lipinski definition) is 3. The molecule has 0 aliphatic heterocycles. The van der Waals surface area contributed by atoms with Gasteiger partial charge < -0.3 is 15.4 Å². The summed E-state index contributed by atoms with van der Waals surface area (Å²) in [6, 6.07) is 6.02. The lowest BCUT2D eigenvalue weighted by Gasteiger charge is -2.27. The third-order valence-corrected chi connectivity index (χ3v) is 4.27. The molecule has 1 saturated carbocycles. The monoisotopic (exact) mass is 308 g/mol. The predicted octanol–water partition coefficient (Wildman–Crippen LogP) is 2.35. The molecule has 4 nitrogen and oxygen atoms in total. The van der Waals surface area contributed by atoms with Gasteiger partial charge in [0.2, 0.25) is 0 Å². The average Bonchev–Trinajstić information content (AvgIpc) is 2.55. The number of hydrogen-bond donors (Lipinski definition) is 2. The van der Waals surface area contributed by atoms with Crippen LogP contribution in [0.4, 0.5) is 4.39 Å². The zero-order chi connectivity index (χ0) is 15.8. The van der Waals surface area contributed by atoms with Crippen LogP contribution in [0.1, 0.15) is 36.0 Å². The molecule has 1 amide bonds. The van der Waals surface area contributed by atoms with Gasteiger partial charge in [-0.15, -0.1) is 0 Å². The Hall–Kier alpha value is -1.46. The van der Waals surface area contributed by atoms with E-state index in [2.05, 4.69) is 10.6 Å². The largest absolute Gasteiger partial charge is 0.381 e. The van der Waals surface area contributed by atoms with Crippen LogP contribution in [-0.4, -0.2) is 38.8 Å². The van der Waals surface area contributed by atoms with Crippen molar-refractivity contribution in [1.29, 1.82) is 0 Å². The first-order valence-corrected chi connectivity index (χ1v) is 7.97. The van der Waals surface area contributed by atoms with E-state index in [1.54, 1.807) is 19.2 Å². The van der Waals surface area contributed by atoms with Gasteiger partial charge in [-0.25, -0.2) is 4.39 Å². The third kappa shape index (κ3) is 5.07. The van der Waals surface area contributed by atoms with Crippen LogP contribution in [0.25, 0.3) is 0 Å². The summed E-state index contributed by atoms with van der Waals surface area (Å²) >= 11 is 0. The first kappa shape index (κ1) is 16.9. The lowest BCUT2D eigenvalue weighted by Crippen LogP contribution is -2.35. The minimum atomic E-state index is -0.483. The van der Waals surface area contributed by atoms with Gasteiger partial charge in [0.05, 0.1) is 11.7 Å². The number of methoxy groups -OCH3 is 1. The molecular formula is C17H25FN2O2. The maximum atomic E-state index is 13.4. The van der Waals surface area contributed by atoms with Crippen molar-refractivity contribution in [2.75, 3.05) is 26.7 Å². The second-order valence-corrected chi connectivity index (χ2v) is 5.82. The summed E-state index contributed by atoms with van der Waals surface area (Å²) in [7, 11) is 1.78. The maximum absolute atomic E-state index is 13.4. The molecule has 0 radical (unpaired) electrons. The molecule has 2 N–H and O–H groups in total. The lowest BCUT2D eigenvalue weighted by molar-refractivity contribution is 0.0568. The molecule has 0 atom stereocenters. The van der Waals surface area contributed by atoms with Crippen molar-refractivity contribution in [2.45, 2.75) is 31.8 Å². The summed E-state index contributed by atoms with van der Waals surface area (Å²) < 4.78 is 18.8. The Balaban J connectivity index is 1.58. The highest BCUT2D eigenvalue weighted by molar-refractivity contribution is 5.94. The van der Waals surface area contributed by atoms with Crippen molar-refractivity contribution < 1.29 is 13.9 Å². The minimum absolute atomic E-state index is 0.0976. The van der Waals surface area contributed by atoms with Crippen LogP contribution in [0.2, 0.25) is 0 Å². The third-order valence-electron chi connectivity index (χ3n) is 4.27. The van der Waals surface area contributed by atoms with Crippen LogP contribution in [-0.2, 0) is 4.74 Å². The van der Waals surface area contributed by atoms with E-state index in [9.17, 15) is 9.18 Å². The number of amides is 1. The minimum Gasteiger partial charge on any atom is -0.381 e. The summed E-state index contributed by atoms with van der Waals surface area (Å²) in [6.45, 7) is 2.16. The molecule has 0 bridgehead atoms. The van der Waals surface area contributed by atoms with E-state index in [0.29, 0.717) is 25.1 Å². The Kier molecular flexibility index (Phi) is 6.80. The number of ether oxygens (including phenoxy) is 1. The highest BCUT2D eigenvalue weighted by Gasteiger charge is 2.20. The summed E-state index contributed by atoms with van der Waals surface area (Å²) in [4.78, 5) is 11.8. The lowest BCUT2D eigenvalue weighted by atomic mass is 9.87. The quantitative estimate of drug-likeness (QED) is 0.760. The van der Waals surface area contributed by atoms with E-state index in [0.717, 1.165) is 19.4 Å². The van der Waals surface area contributed by atoms with Gasteiger partial charge in [-0.05, 0) is 50.3 Å². The molecule has 1 aliphatic carbocycles. The van der Waals surface area contributed by atoms with Gasteiger partial charge in [-0.2, -0.15) is 0 Å². The Bertz CT molecular complexity index is 473. The van der Waals surface area contributed by atoms with E-state index in [4.69, 9.17) is 4.74 Å². The second-order valence-electron chi connectivity index (χ2n) is 5.82. The standard InChI is InChI=1S/C17H25FN2O2/c1-22-14-8-6-13(7-9-14)12-19-10-11-20-17(21)15-4-2-3-5-16(15)18/h2-5,13-14,19H,6-12H2,1H3,(H,20,21). The van der Waals surface area contributed by atoms with Crippen LogP contribution in [0, 0.1) is 11.7 Å². The van der Waals surface area contributed by atoms with Crippen molar-refractivity contribution in [2.24, 2.45) is 5.92 Å². The molecule has 0 saturated heterocycles. The van der Waals surface area contributed by atoms with E-state index < -0.39 is 5.82 Å². The molecule has 0 heterocycles. The van der Waals surface area contributed by atoms with Gasteiger partial charge in [-0.3, -0.25) is 4.79 Å². The molecule has 1 fully saturated rings. The highest BCUT2D eigenvalue weighted by atomic mass is 19.1. The van der Waals surface area contributed by atoms with Crippen LogP contribution in [0.5, 0.6) is 0 Å². The smallest absolute Gasteiger partial charge is 0.254 e. The number of carbonyl (C=O) groups excluding carboxylic acids is 1. The normalized spacial score (nSPS) is 21.5. The number of rotatable bonds is 7. The van der Waals surface area contributed by atoms with Gasteiger partial charge in [0.1, 0.15) is 5.82 Å². The van der Waals surface area contributed by atoms with E-state index >= 15 is 0 Å². The van der Waals surface area contributed by atoms with E-state index in [1.165, 1.54) is 25.0 Å². The van der Waals surface area contributed by atoms with Gasteiger partial charge in [0.15, 0.2) is 0 Å². The summed E-state index contributed by atoms with van der Waals surface area (Å²) in [6.07, 6.45) is 5.07. The Labute approximate surface area is 131 Å². The van der Waals surface area contributed by atoms with Crippen LogP contribution in [0.15, 0.2) is 24.3 Å². The van der Waals surface area contributed by atoms with Crippen molar-refractivity contribution in [1.82, 2.24) is 10.6 Å². The van der Waals surface area contributed by atoms with Crippen LogP contribution < -0.4 is 10.6 Å². The average molecular weight is 308 g/mol. The maximum Gasteiger partial charge on any atom is 0.254 e. The molecule has 22 heavy (non-hydrogen) atoms. The molecule has 0 unspecified atom stereocenters. The molecule has 5 heteroatoms. The molecular weight excluding hydrogens is 283 g/mol. The fourth-order valence-electron chi connectivity index (χ4n) is 2.88. The van der Waals surface area contributed by atoms with Crippen molar-refractivity contribution in [3.05, 3.63) is 35.6 Å². The predicted molar refractivity (Wildman–Crippen MR) is 84.4 cm³/mol. The number of nitrogens with one attached hydrogen (secondary N) is 2. The Morgan fingerprint density at radius 1 is 1.23 bits per heavy atom. The summed E-state index contributed by atoms with van der Waals surface area (Å²) in [5.41, 5.74) is 0.0976. The zero-order valence-electron chi connectivity index (χ0n) is 13.1. The van der Waals surface area contributed by atoms with Crippen molar-refractivity contribution in [3.8, 4) is 0 Å². The molecule has 1 aromatic rings. The zero-order valence-corrected chi connectivity index (χ0v) is 13.1. The Morgan fingerprint density at radius 3 is 2.64 bits per heavy atom. The van der Waals surface area contributed by atoms with Crippen molar-refractivity contribution in [3.63, 3.8) is 0 Å². The second kappa shape index (κ2) is 8.86. The summed E-state index contributed by atoms with van der Waals surface area (Å²) in [5.74, 6) is -0.156. The number of carbonyl (C=O) groups is 1. The molecule has 2 rings (SSSR count). The number of benzene rings is 1. The number of halogens is 1. The van der Waals surface area contributed by atoms with Crippen LogP contribution in [0.3, 0.4) is 0 Å².